The minimum atomic E-state index is -0.934. The van der Waals surface area contributed by atoms with Crippen molar-refractivity contribution in [1.29, 1.82) is 0 Å². The fourth-order valence-electron chi connectivity index (χ4n) is 3.71. The number of allylic oxidation sites excluding steroid dienone is 2. The van der Waals surface area contributed by atoms with Gasteiger partial charge in [-0.1, -0.05) is 115 Å². The molecule has 0 aliphatic rings. The standard InChI is InChI=1S/C27H48O4/c1-3-5-6-7-8-9-10-11-12-13-14-15-16-17-18-19-20-21-22-25(27(29)30)24-26(28)31-23-4-2/h4,19-20,25H,2-3,5-18,21-24H2,1H3,(H,29,30)/b20-19+. The van der Waals surface area contributed by atoms with Crippen LogP contribution in [0.4, 0.5) is 0 Å². The van der Waals surface area contributed by atoms with E-state index in [4.69, 9.17) is 4.74 Å². The lowest BCUT2D eigenvalue weighted by Gasteiger charge is -2.10. The van der Waals surface area contributed by atoms with E-state index in [1.54, 1.807) is 0 Å². The molecule has 0 amide bonds. The first-order valence-electron chi connectivity index (χ1n) is 12.8. The highest BCUT2D eigenvalue weighted by Crippen LogP contribution is 2.15. The van der Waals surface area contributed by atoms with Crippen LogP contribution in [0.1, 0.15) is 122 Å². The molecule has 1 atom stereocenters. The summed E-state index contributed by atoms with van der Waals surface area (Å²) in [6.07, 6.45) is 26.9. The second kappa shape index (κ2) is 23.1. The van der Waals surface area contributed by atoms with Gasteiger partial charge in [-0.25, -0.2) is 0 Å². The zero-order chi connectivity index (χ0) is 23.0. The number of carbonyl (C=O) groups excluding carboxylic acids is 1. The zero-order valence-electron chi connectivity index (χ0n) is 20.1. The van der Waals surface area contributed by atoms with Gasteiger partial charge in [0.25, 0.3) is 0 Å². The van der Waals surface area contributed by atoms with Gasteiger partial charge in [-0.05, 0) is 25.7 Å². The van der Waals surface area contributed by atoms with Gasteiger partial charge in [0.1, 0.15) is 6.61 Å². The van der Waals surface area contributed by atoms with Gasteiger partial charge in [0.15, 0.2) is 0 Å². The molecule has 4 heteroatoms. The van der Waals surface area contributed by atoms with Gasteiger partial charge < -0.3 is 9.84 Å². The molecule has 0 saturated carbocycles. The van der Waals surface area contributed by atoms with Crippen LogP contribution in [-0.2, 0) is 14.3 Å². The predicted molar refractivity (Wildman–Crippen MR) is 130 cm³/mol. The van der Waals surface area contributed by atoms with Crippen LogP contribution in [0, 0.1) is 5.92 Å². The molecule has 0 heterocycles. The van der Waals surface area contributed by atoms with Crippen molar-refractivity contribution in [2.45, 2.75) is 122 Å². The Balaban J connectivity index is 3.49. The lowest BCUT2D eigenvalue weighted by molar-refractivity contribution is -0.151. The van der Waals surface area contributed by atoms with E-state index in [-0.39, 0.29) is 13.0 Å². The first-order valence-corrected chi connectivity index (χ1v) is 12.8. The van der Waals surface area contributed by atoms with Gasteiger partial charge in [0.2, 0.25) is 0 Å². The van der Waals surface area contributed by atoms with Crippen molar-refractivity contribution in [2.24, 2.45) is 5.92 Å². The summed E-state index contributed by atoms with van der Waals surface area (Å²) >= 11 is 0. The second-order valence-electron chi connectivity index (χ2n) is 8.64. The molecule has 0 rings (SSSR count). The first-order chi connectivity index (χ1) is 15.1. The van der Waals surface area contributed by atoms with Crippen LogP contribution >= 0.6 is 0 Å². The third-order valence-electron chi connectivity index (χ3n) is 5.70. The largest absolute Gasteiger partial charge is 0.481 e. The van der Waals surface area contributed by atoms with E-state index in [0.29, 0.717) is 12.8 Å². The highest BCUT2D eigenvalue weighted by Gasteiger charge is 2.21. The van der Waals surface area contributed by atoms with Gasteiger partial charge in [0, 0.05) is 0 Å². The number of esters is 1. The van der Waals surface area contributed by atoms with Gasteiger partial charge in [0.05, 0.1) is 12.3 Å². The number of ether oxygens (including phenoxy) is 1. The number of carboxylic acids is 1. The summed E-state index contributed by atoms with van der Waals surface area (Å²) in [6.45, 7) is 5.87. The smallest absolute Gasteiger partial charge is 0.307 e. The first kappa shape index (κ1) is 29.4. The Morgan fingerprint density at radius 2 is 1.29 bits per heavy atom. The summed E-state index contributed by atoms with van der Waals surface area (Å²) in [5.74, 6) is -2.09. The number of hydrogen-bond acceptors (Lipinski definition) is 3. The predicted octanol–water partition coefficient (Wildman–Crippen LogP) is 8.01. The van der Waals surface area contributed by atoms with E-state index in [9.17, 15) is 14.7 Å². The Bertz CT molecular complexity index is 470. The minimum Gasteiger partial charge on any atom is -0.481 e. The number of carbonyl (C=O) groups is 2. The maximum absolute atomic E-state index is 11.6. The van der Waals surface area contributed by atoms with Crippen LogP contribution in [0.15, 0.2) is 24.8 Å². The fraction of sp³-hybridized carbons (Fsp3) is 0.778. The van der Waals surface area contributed by atoms with Gasteiger partial charge in [-0.15, -0.1) is 0 Å². The molecule has 0 aromatic rings. The SMILES string of the molecule is C=CCOC(=O)CC(CC/C=C/CCCCCCCCCCCCCCCC)C(=O)O. The maximum atomic E-state index is 11.6. The average molecular weight is 437 g/mol. The summed E-state index contributed by atoms with van der Waals surface area (Å²) in [7, 11) is 0. The number of carboxylic acid groups (broad SMARTS) is 1. The van der Waals surface area contributed by atoms with Crippen molar-refractivity contribution >= 4 is 11.9 Å². The van der Waals surface area contributed by atoms with E-state index in [0.717, 1.165) is 6.42 Å². The van der Waals surface area contributed by atoms with Crippen molar-refractivity contribution in [1.82, 2.24) is 0 Å². The Hall–Kier alpha value is -1.58. The van der Waals surface area contributed by atoms with Crippen LogP contribution in [0.2, 0.25) is 0 Å². The topological polar surface area (TPSA) is 63.6 Å². The highest BCUT2D eigenvalue weighted by atomic mass is 16.5. The molecule has 0 saturated heterocycles. The fourth-order valence-corrected chi connectivity index (χ4v) is 3.71. The van der Waals surface area contributed by atoms with Gasteiger partial charge in [-0.3, -0.25) is 9.59 Å². The molecule has 0 bridgehead atoms. The average Bonchev–Trinajstić information content (AvgIpc) is 2.75. The molecular weight excluding hydrogens is 388 g/mol. The molecule has 1 N–H and O–H groups in total. The molecule has 4 nitrogen and oxygen atoms in total. The Morgan fingerprint density at radius 3 is 1.77 bits per heavy atom. The van der Waals surface area contributed by atoms with Crippen molar-refractivity contribution < 1.29 is 19.4 Å². The molecule has 31 heavy (non-hydrogen) atoms. The molecule has 0 radical (unpaired) electrons. The van der Waals surface area contributed by atoms with Gasteiger partial charge >= 0.3 is 11.9 Å². The molecule has 1 unspecified atom stereocenters. The summed E-state index contributed by atoms with van der Waals surface area (Å²) < 4.78 is 4.87. The third kappa shape index (κ3) is 21.4. The quantitative estimate of drug-likeness (QED) is 0.100. The number of unbranched alkanes of at least 4 members (excludes halogenated alkanes) is 14. The molecule has 180 valence electrons. The molecule has 0 aromatic carbocycles. The van der Waals surface area contributed by atoms with Crippen LogP contribution in [0.25, 0.3) is 0 Å². The van der Waals surface area contributed by atoms with Crippen LogP contribution < -0.4 is 0 Å². The zero-order valence-corrected chi connectivity index (χ0v) is 20.1. The molecule has 0 aromatic heterocycles. The molecule has 0 fully saturated rings. The Morgan fingerprint density at radius 1 is 0.806 bits per heavy atom. The molecule has 0 aliphatic heterocycles. The lowest BCUT2D eigenvalue weighted by atomic mass is 9.99. The number of aliphatic carboxylic acids is 1. The summed E-state index contributed by atoms with van der Waals surface area (Å²) in [5.41, 5.74) is 0. The van der Waals surface area contributed by atoms with Crippen molar-refractivity contribution in [3.05, 3.63) is 24.8 Å². The van der Waals surface area contributed by atoms with Gasteiger partial charge in [-0.2, -0.15) is 0 Å². The number of rotatable bonds is 23. The Kier molecular flexibility index (Phi) is 21.9. The Labute approximate surface area is 191 Å². The molecular formula is C27H48O4. The highest BCUT2D eigenvalue weighted by molar-refractivity contribution is 5.78. The molecule has 0 spiro atoms. The minimum absolute atomic E-state index is 0.0734. The van der Waals surface area contributed by atoms with Crippen molar-refractivity contribution in [2.75, 3.05) is 6.61 Å². The summed E-state index contributed by atoms with van der Waals surface area (Å²) in [6, 6.07) is 0. The third-order valence-corrected chi connectivity index (χ3v) is 5.70. The van der Waals surface area contributed by atoms with E-state index < -0.39 is 17.9 Å². The monoisotopic (exact) mass is 436 g/mol. The van der Waals surface area contributed by atoms with E-state index >= 15 is 0 Å². The second-order valence-corrected chi connectivity index (χ2v) is 8.64. The maximum Gasteiger partial charge on any atom is 0.307 e. The van der Waals surface area contributed by atoms with E-state index in [1.165, 1.54) is 96.0 Å². The lowest BCUT2D eigenvalue weighted by Crippen LogP contribution is -2.19. The van der Waals surface area contributed by atoms with Crippen LogP contribution in [0.3, 0.4) is 0 Å². The van der Waals surface area contributed by atoms with E-state index in [2.05, 4.69) is 19.6 Å². The summed E-state index contributed by atoms with van der Waals surface area (Å²) in [4.78, 5) is 22.8. The van der Waals surface area contributed by atoms with E-state index in [1.807, 2.05) is 6.08 Å². The molecule has 0 aliphatic carbocycles. The van der Waals surface area contributed by atoms with Crippen molar-refractivity contribution in [3.8, 4) is 0 Å². The van der Waals surface area contributed by atoms with Crippen LogP contribution in [0.5, 0.6) is 0 Å². The van der Waals surface area contributed by atoms with Crippen LogP contribution in [-0.4, -0.2) is 23.7 Å². The summed E-state index contributed by atoms with van der Waals surface area (Å²) in [5, 5.41) is 9.24. The number of hydrogen-bond donors (Lipinski definition) is 1. The van der Waals surface area contributed by atoms with Crippen molar-refractivity contribution in [3.63, 3.8) is 0 Å². The normalized spacial score (nSPS) is 12.2.